The normalized spacial score (nSPS) is 11.1. The number of rotatable bonds is 5. The van der Waals surface area contributed by atoms with Crippen molar-refractivity contribution in [1.29, 1.82) is 0 Å². The molecule has 152 valence electrons. The average molecular weight is 410 g/mol. The van der Waals surface area contributed by atoms with Crippen molar-refractivity contribution in [2.24, 2.45) is 0 Å². The van der Waals surface area contributed by atoms with Crippen LogP contribution in [0.25, 0.3) is 33.3 Å². The molecule has 7 heteroatoms. The number of aromatic amines is 2. The molecule has 0 bridgehead atoms. The van der Waals surface area contributed by atoms with Gasteiger partial charge in [0.2, 0.25) is 0 Å². The highest BCUT2D eigenvalue weighted by Gasteiger charge is 2.16. The van der Waals surface area contributed by atoms with Gasteiger partial charge in [-0.2, -0.15) is 0 Å². The molecule has 5 rings (SSSR count). The number of carbonyl (C=O) groups is 1. The van der Waals surface area contributed by atoms with Gasteiger partial charge in [-0.05, 0) is 30.3 Å². The van der Waals surface area contributed by atoms with Crippen LogP contribution in [-0.2, 0) is 11.2 Å². The van der Waals surface area contributed by atoms with Crippen molar-refractivity contribution >= 4 is 27.9 Å². The molecule has 31 heavy (non-hydrogen) atoms. The molecule has 0 aliphatic heterocycles. The molecule has 0 radical (unpaired) electrons. The number of imidazole rings is 1. The Balaban J connectivity index is 1.34. The first-order chi connectivity index (χ1) is 15.2. The topological polar surface area (TPSA) is 101 Å². The zero-order valence-electron chi connectivity index (χ0n) is 16.5. The maximum absolute atomic E-state index is 12.8. The highest BCUT2D eigenvalue weighted by Crippen LogP contribution is 2.24. The van der Waals surface area contributed by atoms with Gasteiger partial charge in [-0.3, -0.25) is 4.79 Å². The number of esters is 1. The van der Waals surface area contributed by atoms with Gasteiger partial charge in [-0.25, -0.2) is 14.8 Å². The number of carbonyl (C=O) groups excluding carboxylic acids is 1. The maximum atomic E-state index is 12.8. The second kappa shape index (κ2) is 7.87. The Morgan fingerprint density at radius 1 is 0.839 bits per heavy atom. The van der Waals surface area contributed by atoms with E-state index in [2.05, 4.69) is 19.9 Å². The quantitative estimate of drug-likeness (QED) is 0.429. The van der Waals surface area contributed by atoms with Crippen LogP contribution in [0.2, 0.25) is 0 Å². The molecule has 5 aromatic rings. The molecule has 2 heterocycles. The van der Waals surface area contributed by atoms with Crippen molar-refractivity contribution in [3.05, 3.63) is 94.5 Å². The summed E-state index contributed by atoms with van der Waals surface area (Å²) in [6.07, 6.45) is 0.304. The van der Waals surface area contributed by atoms with Gasteiger partial charge in [0.15, 0.2) is 0 Å². The van der Waals surface area contributed by atoms with E-state index in [0.717, 1.165) is 11.0 Å². The van der Waals surface area contributed by atoms with Gasteiger partial charge in [0, 0.05) is 12.0 Å². The lowest BCUT2D eigenvalue weighted by Gasteiger charge is -2.08. The zero-order chi connectivity index (χ0) is 21.2. The lowest BCUT2D eigenvalue weighted by Crippen LogP contribution is -2.15. The van der Waals surface area contributed by atoms with Crippen LogP contribution < -0.4 is 5.56 Å². The molecule has 0 atom stereocenters. The number of nitrogens with zero attached hydrogens (tertiary/aromatic N) is 2. The van der Waals surface area contributed by atoms with Crippen LogP contribution in [0.4, 0.5) is 0 Å². The standard InChI is InChI=1S/C24H18N4O3/c29-23-17-9-3-4-10-18(17)25-21(28-23)13-14-31-24(30)16-8-2-1-7-15(16)22-26-19-11-5-6-12-20(19)27-22/h1-12H,13-14H2,(H,26,27)(H,25,28,29). The molecule has 0 aliphatic carbocycles. The monoisotopic (exact) mass is 410 g/mol. The summed E-state index contributed by atoms with van der Waals surface area (Å²) in [4.78, 5) is 39.9. The Kier molecular flexibility index (Phi) is 4.76. The molecular weight excluding hydrogens is 392 g/mol. The van der Waals surface area contributed by atoms with Gasteiger partial charge in [-0.15, -0.1) is 0 Å². The summed E-state index contributed by atoms with van der Waals surface area (Å²) in [6, 6.07) is 22.0. The van der Waals surface area contributed by atoms with Crippen LogP contribution in [0, 0.1) is 0 Å². The number of nitrogens with one attached hydrogen (secondary N) is 2. The molecule has 0 unspecified atom stereocenters. The van der Waals surface area contributed by atoms with Crippen molar-refractivity contribution in [2.45, 2.75) is 6.42 Å². The fraction of sp³-hybridized carbons (Fsp3) is 0.0833. The summed E-state index contributed by atoms with van der Waals surface area (Å²) >= 11 is 0. The van der Waals surface area contributed by atoms with Gasteiger partial charge in [0.05, 0.1) is 34.1 Å². The number of benzene rings is 3. The van der Waals surface area contributed by atoms with Gasteiger partial charge < -0.3 is 14.7 Å². The van der Waals surface area contributed by atoms with E-state index in [-0.39, 0.29) is 12.2 Å². The average Bonchev–Trinajstić information content (AvgIpc) is 3.23. The van der Waals surface area contributed by atoms with Crippen LogP contribution in [0.1, 0.15) is 16.2 Å². The molecular formula is C24H18N4O3. The number of H-pyrrole nitrogens is 2. The first-order valence-corrected chi connectivity index (χ1v) is 9.88. The lowest BCUT2D eigenvalue weighted by molar-refractivity contribution is 0.0508. The van der Waals surface area contributed by atoms with Crippen LogP contribution in [0.15, 0.2) is 77.6 Å². The summed E-state index contributed by atoms with van der Waals surface area (Å²) in [6.45, 7) is 0.0918. The summed E-state index contributed by atoms with van der Waals surface area (Å²) in [5.74, 6) is 0.621. The van der Waals surface area contributed by atoms with Crippen LogP contribution in [-0.4, -0.2) is 32.5 Å². The SMILES string of the molecule is O=C(OCCc1nc2ccccc2c(=O)[nH]1)c1ccccc1-c1nc2ccccc2[nH]1. The second-order valence-electron chi connectivity index (χ2n) is 7.06. The smallest absolute Gasteiger partial charge is 0.338 e. The van der Waals surface area contributed by atoms with Gasteiger partial charge >= 0.3 is 5.97 Å². The molecule has 0 saturated heterocycles. The van der Waals surface area contributed by atoms with E-state index >= 15 is 0 Å². The van der Waals surface area contributed by atoms with Crippen molar-refractivity contribution in [3.8, 4) is 11.4 Å². The predicted octanol–water partition coefficient (Wildman–Crippen LogP) is 3.87. The first-order valence-electron chi connectivity index (χ1n) is 9.88. The molecule has 7 nitrogen and oxygen atoms in total. The summed E-state index contributed by atoms with van der Waals surface area (Å²) < 4.78 is 5.48. The third-order valence-corrected chi connectivity index (χ3v) is 5.03. The van der Waals surface area contributed by atoms with E-state index < -0.39 is 5.97 Å². The van der Waals surface area contributed by atoms with E-state index in [1.807, 2.05) is 42.5 Å². The van der Waals surface area contributed by atoms with Crippen molar-refractivity contribution in [3.63, 3.8) is 0 Å². The molecule has 2 N–H and O–H groups in total. The van der Waals surface area contributed by atoms with E-state index in [1.165, 1.54) is 0 Å². The zero-order valence-corrected chi connectivity index (χ0v) is 16.5. The van der Waals surface area contributed by atoms with Crippen molar-refractivity contribution in [2.75, 3.05) is 6.61 Å². The minimum Gasteiger partial charge on any atom is -0.462 e. The predicted molar refractivity (Wildman–Crippen MR) is 118 cm³/mol. The minimum absolute atomic E-state index is 0.0918. The third-order valence-electron chi connectivity index (χ3n) is 5.03. The summed E-state index contributed by atoms with van der Waals surface area (Å²) in [5.41, 5.74) is 3.21. The lowest BCUT2D eigenvalue weighted by atomic mass is 10.1. The molecule has 0 aliphatic rings. The van der Waals surface area contributed by atoms with Crippen LogP contribution in [0.3, 0.4) is 0 Å². The molecule has 0 fully saturated rings. The number of para-hydroxylation sites is 3. The summed E-state index contributed by atoms with van der Waals surface area (Å²) in [7, 11) is 0. The highest BCUT2D eigenvalue weighted by atomic mass is 16.5. The fourth-order valence-corrected chi connectivity index (χ4v) is 3.52. The van der Waals surface area contributed by atoms with E-state index in [9.17, 15) is 9.59 Å². The summed E-state index contributed by atoms with van der Waals surface area (Å²) in [5, 5.41) is 0.531. The number of hydrogen-bond acceptors (Lipinski definition) is 5. The number of ether oxygens (including phenoxy) is 1. The Morgan fingerprint density at radius 3 is 2.45 bits per heavy atom. The fourth-order valence-electron chi connectivity index (χ4n) is 3.52. The van der Waals surface area contributed by atoms with Crippen LogP contribution in [0.5, 0.6) is 0 Å². The van der Waals surface area contributed by atoms with Gasteiger partial charge in [-0.1, -0.05) is 42.5 Å². The third kappa shape index (κ3) is 3.69. The molecule has 0 amide bonds. The molecule has 0 spiro atoms. The van der Waals surface area contributed by atoms with Crippen LogP contribution >= 0.6 is 0 Å². The van der Waals surface area contributed by atoms with Gasteiger partial charge in [0.1, 0.15) is 11.6 Å². The van der Waals surface area contributed by atoms with Crippen molar-refractivity contribution in [1.82, 2.24) is 19.9 Å². The molecule has 3 aromatic carbocycles. The van der Waals surface area contributed by atoms with E-state index in [1.54, 1.807) is 30.3 Å². The Morgan fingerprint density at radius 2 is 1.58 bits per heavy atom. The Bertz CT molecular complexity index is 1440. The number of hydrogen-bond donors (Lipinski definition) is 2. The largest absolute Gasteiger partial charge is 0.462 e. The molecule has 2 aromatic heterocycles. The second-order valence-corrected chi connectivity index (χ2v) is 7.06. The van der Waals surface area contributed by atoms with E-state index in [4.69, 9.17) is 4.74 Å². The van der Waals surface area contributed by atoms with E-state index in [0.29, 0.717) is 40.1 Å². The molecule has 0 saturated carbocycles. The minimum atomic E-state index is -0.459. The maximum Gasteiger partial charge on any atom is 0.338 e. The van der Waals surface area contributed by atoms with Crippen molar-refractivity contribution < 1.29 is 9.53 Å². The Hall–Kier alpha value is -4.26. The number of aromatic nitrogens is 4. The first kappa shape index (κ1) is 18.7. The Labute approximate surface area is 176 Å². The number of fused-ring (bicyclic) bond motifs is 2. The highest BCUT2D eigenvalue weighted by molar-refractivity contribution is 5.97. The van der Waals surface area contributed by atoms with Gasteiger partial charge in [0.25, 0.3) is 5.56 Å².